The molecule has 0 unspecified atom stereocenters. The molecule has 0 fully saturated rings. The molecule has 142 valence electrons. The lowest BCUT2D eigenvalue weighted by Crippen LogP contribution is -2.23. The lowest BCUT2D eigenvalue weighted by atomic mass is 10.1. The van der Waals surface area contributed by atoms with Crippen molar-refractivity contribution in [3.05, 3.63) is 88.4 Å². The maximum absolute atomic E-state index is 12.3. The zero-order valence-corrected chi connectivity index (χ0v) is 16.4. The van der Waals surface area contributed by atoms with Gasteiger partial charge >= 0.3 is 6.03 Å². The Morgan fingerprint density at radius 2 is 1.54 bits per heavy atom. The number of para-hydroxylation sites is 1. The van der Waals surface area contributed by atoms with Gasteiger partial charge in [-0.25, -0.2) is 4.79 Å². The largest absolute Gasteiger partial charge is 0.506 e. The van der Waals surface area contributed by atoms with Gasteiger partial charge in [-0.15, -0.1) is 0 Å². The summed E-state index contributed by atoms with van der Waals surface area (Å²) in [6.45, 7) is 0.384. The molecule has 4 N–H and O–H groups in total. The monoisotopic (exact) mass is 439 g/mol. The first-order valence-corrected chi connectivity index (χ1v) is 9.30. The number of amides is 3. The van der Waals surface area contributed by atoms with E-state index in [9.17, 15) is 14.7 Å². The van der Waals surface area contributed by atoms with Crippen molar-refractivity contribution >= 4 is 39.2 Å². The lowest BCUT2D eigenvalue weighted by molar-refractivity contribution is 0.0950. The predicted molar refractivity (Wildman–Crippen MR) is 113 cm³/mol. The van der Waals surface area contributed by atoms with Crippen LogP contribution < -0.4 is 16.0 Å². The summed E-state index contributed by atoms with van der Waals surface area (Å²) < 4.78 is 0.736. The second-order valence-electron chi connectivity index (χ2n) is 5.96. The highest BCUT2D eigenvalue weighted by molar-refractivity contribution is 9.10. The van der Waals surface area contributed by atoms with E-state index in [1.165, 1.54) is 18.2 Å². The van der Waals surface area contributed by atoms with Crippen LogP contribution in [0.5, 0.6) is 5.75 Å². The molecule has 0 spiro atoms. The van der Waals surface area contributed by atoms with E-state index in [-0.39, 0.29) is 17.3 Å². The zero-order chi connectivity index (χ0) is 19.9. The van der Waals surface area contributed by atoms with Gasteiger partial charge in [0.15, 0.2) is 0 Å². The Balaban J connectivity index is 1.61. The Morgan fingerprint density at radius 3 is 2.25 bits per heavy atom. The van der Waals surface area contributed by atoms with Crippen LogP contribution in [0.3, 0.4) is 0 Å². The number of rotatable bonds is 5. The summed E-state index contributed by atoms with van der Waals surface area (Å²) in [4.78, 5) is 24.4. The minimum atomic E-state index is -0.511. The number of halogens is 1. The van der Waals surface area contributed by atoms with Gasteiger partial charge in [-0.1, -0.05) is 42.5 Å². The van der Waals surface area contributed by atoms with E-state index in [0.717, 1.165) is 10.0 Å². The predicted octanol–water partition coefficient (Wildman–Crippen LogP) is 4.73. The molecule has 0 aromatic heterocycles. The summed E-state index contributed by atoms with van der Waals surface area (Å²) in [5, 5.41) is 18.2. The van der Waals surface area contributed by atoms with Crippen molar-refractivity contribution < 1.29 is 14.7 Å². The van der Waals surface area contributed by atoms with Gasteiger partial charge in [0.2, 0.25) is 0 Å². The molecule has 0 aliphatic carbocycles. The number of aromatic hydroxyl groups is 1. The molecule has 3 aromatic rings. The molecule has 0 heterocycles. The Labute approximate surface area is 170 Å². The minimum Gasteiger partial charge on any atom is -0.506 e. The lowest BCUT2D eigenvalue weighted by Gasteiger charge is -2.11. The Hall–Kier alpha value is -3.32. The molecule has 0 bridgehead atoms. The van der Waals surface area contributed by atoms with E-state index < -0.39 is 6.03 Å². The zero-order valence-electron chi connectivity index (χ0n) is 14.8. The number of phenolic OH excluding ortho intramolecular Hbond substituents is 1. The second-order valence-corrected chi connectivity index (χ2v) is 6.81. The third-order valence-electron chi connectivity index (χ3n) is 3.93. The first-order valence-electron chi connectivity index (χ1n) is 8.50. The second kappa shape index (κ2) is 9.05. The smallest absolute Gasteiger partial charge is 0.323 e. The highest BCUT2D eigenvalue weighted by atomic mass is 79.9. The molecule has 0 saturated carbocycles. The van der Waals surface area contributed by atoms with Crippen molar-refractivity contribution in [3.8, 4) is 5.75 Å². The van der Waals surface area contributed by atoms with Crippen molar-refractivity contribution in [2.24, 2.45) is 0 Å². The fourth-order valence-corrected chi connectivity index (χ4v) is 2.88. The van der Waals surface area contributed by atoms with Crippen LogP contribution in [0.4, 0.5) is 16.2 Å². The highest BCUT2D eigenvalue weighted by Crippen LogP contribution is 2.26. The molecular formula is C21H18BrN3O3. The molecular weight excluding hydrogens is 422 g/mol. The van der Waals surface area contributed by atoms with Crippen LogP contribution in [-0.2, 0) is 6.54 Å². The fourth-order valence-electron chi connectivity index (χ4n) is 2.50. The van der Waals surface area contributed by atoms with E-state index in [2.05, 4.69) is 31.9 Å². The Morgan fingerprint density at radius 1 is 0.857 bits per heavy atom. The SMILES string of the molecule is O=C(Nc1ccc(C(=O)NCc2ccccc2)cc1O)Nc1ccccc1Br. The summed E-state index contributed by atoms with van der Waals surface area (Å²) in [5.41, 5.74) is 2.06. The maximum Gasteiger partial charge on any atom is 0.323 e. The van der Waals surface area contributed by atoms with Gasteiger partial charge < -0.3 is 21.1 Å². The van der Waals surface area contributed by atoms with Gasteiger partial charge in [0.05, 0.1) is 11.4 Å². The van der Waals surface area contributed by atoms with Crippen molar-refractivity contribution in [1.29, 1.82) is 0 Å². The van der Waals surface area contributed by atoms with E-state index in [1.807, 2.05) is 36.4 Å². The van der Waals surface area contributed by atoms with Crippen LogP contribution in [0.2, 0.25) is 0 Å². The van der Waals surface area contributed by atoms with E-state index in [0.29, 0.717) is 17.8 Å². The number of phenols is 1. The number of hydrogen-bond donors (Lipinski definition) is 4. The third kappa shape index (κ3) is 5.11. The number of anilines is 2. The summed E-state index contributed by atoms with van der Waals surface area (Å²) in [6.07, 6.45) is 0. The molecule has 6 nitrogen and oxygen atoms in total. The summed E-state index contributed by atoms with van der Waals surface area (Å²) >= 11 is 3.35. The molecule has 28 heavy (non-hydrogen) atoms. The first kappa shape index (κ1) is 19.4. The van der Waals surface area contributed by atoms with Gasteiger partial charge in [-0.3, -0.25) is 4.79 Å². The quantitative estimate of drug-likeness (QED) is 0.433. The van der Waals surface area contributed by atoms with Crippen LogP contribution in [0.25, 0.3) is 0 Å². The average Bonchev–Trinajstić information content (AvgIpc) is 2.70. The van der Waals surface area contributed by atoms with Crippen molar-refractivity contribution in [3.63, 3.8) is 0 Å². The molecule has 0 radical (unpaired) electrons. The molecule has 0 aliphatic rings. The van der Waals surface area contributed by atoms with Crippen LogP contribution in [-0.4, -0.2) is 17.0 Å². The van der Waals surface area contributed by atoms with Crippen LogP contribution in [0.15, 0.2) is 77.3 Å². The van der Waals surface area contributed by atoms with E-state index >= 15 is 0 Å². The number of carbonyl (C=O) groups is 2. The van der Waals surface area contributed by atoms with Gasteiger partial charge in [-0.2, -0.15) is 0 Å². The standard InChI is InChI=1S/C21H18BrN3O3/c22-16-8-4-5-9-17(16)24-21(28)25-18-11-10-15(12-19(18)26)20(27)23-13-14-6-2-1-3-7-14/h1-12,26H,13H2,(H,23,27)(H2,24,25,28). The van der Waals surface area contributed by atoms with E-state index in [4.69, 9.17) is 0 Å². The average molecular weight is 440 g/mol. The normalized spacial score (nSPS) is 10.2. The number of urea groups is 1. The Bertz CT molecular complexity index is 993. The molecule has 0 saturated heterocycles. The highest BCUT2D eigenvalue weighted by Gasteiger charge is 2.12. The van der Waals surface area contributed by atoms with Gasteiger partial charge in [0, 0.05) is 16.6 Å². The number of hydrogen-bond acceptors (Lipinski definition) is 3. The summed E-state index contributed by atoms with van der Waals surface area (Å²) in [6, 6.07) is 20.5. The molecule has 3 aromatic carbocycles. The first-order chi connectivity index (χ1) is 13.5. The minimum absolute atomic E-state index is 0.198. The molecule has 0 aliphatic heterocycles. The molecule has 3 amide bonds. The van der Waals surface area contributed by atoms with Crippen LogP contribution in [0, 0.1) is 0 Å². The van der Waals surface area contributed by atoms with Crippen molar-refractivity contribution in [2.45, 2.75) is 6.54 Å². The van der Waals surface area contributed by atoms with Crippen molar-refractivity contribution in [1.82, 2.24) is 5.32 Å². The summed E-state index contributed by atoms with van der Waals surface area (Å²) in [5.74, 6) is -0.516. The molecule has 0 atom stereocenters. The number of carbonyl (C=O) groups excluding carboxylic acids is 2. The maximum atomic E-state index is 12.3. The fraction of sp³-hybridized carbons (Fsp3) is 0.0476. The topological polar surface area (TPSA) is 90.5 Å². The van der Waals surface area contributed by atoms with Gasteiger partial charge in [0.25, 0.3) is 5.91 Å². The van der Waals surface area contributed by atoms with Crippen molar-refractivity contribution in [2.75, 3.05) is 10.6 Å². The van der Waals surface area contributed by atoms with Gasteiger partial charge in [0.1, 0.15) is 5.75 Å². The van der Waals surface area contributed by atoms with E-state index in [1.54, 1.807) is 18.2 Å². The number of nitrogens with one attached hydrogen (secondary N) is 3. The number of benzene rings is 3. The Kier molecular flexibility index (Phi) is 6.29. The molecule has 7 heteroatoms. The third-order valence-corrected chi connectivity index (χ3v) is 4.62. The van der Waals surface area contributed by atoms with Gasteiger partial charge in [-0.05, 0) is 51.8 Å². The summed E-state index contributed by atoms with van der Waals surface area (Å²) in [7, 11) is 0. The molecule has 3 rings (SSSR count). The van der Waals surface area contributed by atoms with Crippen LogP contribution in [0.1, 0.15) is 15.9 Å². The van der Waals surface area contributed by atoms with Crippen LogP contribution >= 0.6 is 15.9 Å².